The van der Waals surface area contributed by atoms with Crippen LogP contribution in [0.5, 0.6) is 0 Å². The van der Waals surface area contributed by atoms with Gasteiger partial charge in [0, 0.05) is 18.0 Å². The fourth-order valence-corrected chi connectivity index (χ4v) is 4.82. The standard InChI is InChI=1S/C25H31N3O/c1-28(2)24(20-9-5-3-6-10-20)21-16-13-19(14-17-21)15-18-23-26-25(27-29-23)22-11-7-4-8-12-22/h3-12,19,21,24H,13-18H2,1-2H3. The number of aromatic nitrogens is 2. The minimum absolute atomic E-state index is 0.515. The molecule has 1 saturated carbocycles. The van der Waals surface area contributed by atoms with Crippen LogP contribution in [0.3, 0.4) is 0 Å². The van der Waals surface area contributed by atoms with Gasteiger partial charge in [-0.3, -0.25) is 0 Å². The van der Waals surface area contributed by atoms with Crippen LogP contribution in [-0.2, 0) is 6.42 Å². The lowest BCUT2D eigenvalue weighted by atomic mass is 9.75. The summed E-state index contributed by atoms with van der Waals surface area (Å²) in [6, 6.07) is 21.5. The molecule has 4 rings (SSSR count). The van der Waals surface area contributed by atoms with E-state index in [1.54, 1.807) is 0 Å². The first-order chi connectivity index (χ1) is 14.2. The molecule has 1 aliphatic carbocycles. The Morgan fingerprint density at radius 1 is 0.931 bits per heavy atom. The molecule has 0 aliphatic heterocycles. The molecule has 152 valence electrons. The van der Waals surface area contributed by atoms with Crippen LogP contribution in [-0.4, -0.2) is 29.1 Å². The molecule has 29 heavy (non-hydrogen) atoms. The highest BCUT2D eigenvalue weighted by Crippen LogP contribution is 2.40. The highest BCUT2D eigenvalue weighted by atomic mass is 16.5. The fourth-order valence-electron chi connectivity index (χ4n) is 4.82. The molecule has 1 unspecified atom stereocenters. The van der Waals surface area contributed by atoms with Gasteiger partial charge in [0.25, 0.3) is 0 Å². The fraction of sp³-hybridized carbons (Fsp3) is 0.440. The molecule has 4 nitrogen and oxygen atoms in total. The van der Waals surface area contributed by atoms with Crippen molar-refractivity contribution in [3.63, 3.8) is 0 Å². The maximum absolute atomic E-state index is 5.49. The Balaban J connectivity index is 1.30. The summed E-state index contributed by atoms with van der Waals surface area (Å²) in [5.41, 5.74) is 2.46. The van der Waals surface area contributed by atoms with Gasteiger partial charge in [0.2, 0.25) is 11.7 Å². The zero-order valence-corrected chi connectivity index (χ0v) is 17.5. The molecule has 0 N–H and O–H groups in total. The summed E-state index contributed by atoms with van der Waals surface area (Å²) in [7, 11) is 4.42. The Hall–Kier alpha value is -2.46. The second-order valence-corrected chi connectivity index (χ2v) is 8.52. The van der Waals surface area contributed by atoms with Crippen LogP contribution < -0.4 is 0 Å². The molecule has 4 heteroatoms. The normalized spacial score (nSPS) is 20.7. The monoisotopic (exact) mass is 389 g/mol. The van der Waals surface area contributed by atoms with E-state index < -0.39 is 0 Å². The molecule has 0 radical (unpaired) electrons. The van der Waals surface area contributed by atoms with Gasteiger partial charge in [-0.2, -0.15) is 4.98 Å². The number of hydrogen-bond donors (Lipinski definition) is 0. The Morgan fingerprint density at radius 3 is 2.24 bits per heavy atom. The average Bonchev–Trinajstić information content (AvgIpc) is 3.24. The molecule has 0 amide bonds. The molecule has 1 atom stereocenters. The lowest BCUT2D eigenvalue weighted by Crippen LogP contribution is -2.30. The van der Waals surface area contributed by atoms with E-state index in [1.165, 1.54) is 31.2 Å². The highest BCUT2D eigenvalue weighted by Gasteiger charge is 2.30. The largest absolute Gasteiger partial charge is 0.339 e. The van der Waals surface area contributed by atoms with Crippen LogP contribution in [0.2, 0.25) is 0 Å². The SMILES string of the molecule is CN(C)C(c1ccccc1)C1CCC(CCc2nc(-c3ccccc3)no2)CC1. The Kier molecular flexibility index (Phi) is 6.40. The molecule has 1 aliphatic rings. The van der Waals surface area contributed by atoms with E-state index in [0.29, 0.717) is 11.9 Å². The van der Waals surface area contributed by atoms with Crippen molar-refractivity contribution in [2.75, 3.05) is 14.1 Å². The first-order valence-electron chi connectivity index (χ1n) is 10.8. The van der Waals surface area contributed by atoms with E-state index in [9.17, 15) is 0 Å². The molecule has 3 aromatic rings. The summed E-state index contributed by atoms with van der Waals surface area (Å²) in [4.78, 5) is 6.98. The van der Waals surface area contributed by atoms with Gasteiger partial charge in [0.1, 0.15) is 0 Å². The first-order valence-corrected chi connectivity index (χ1v) is 10.8. The van der Waals surface area contributed by atoms with Crippen LogP contribution in [0.15, 0.2) is 65.2 Å². The molecule has 2 aromatic carbocycles. The zero-order valence-electron chi connectivity index (χ0n) is 17.5. The van der Waals surface area contributed by atoms with Gasteiger partial charge in [-0.1, -0.05) is 78.7 Å². The molecule has 0 bridgehead atoms. The van der Waals surface area contributed by atoms with Crippen molar-refractivity contribution in [1.29, 1.82) is 0 Å². The van der Waals surface area contributed by atoms with E-state index >= 15 is 0 Å². The van der Waals surface area contributed by atoms with Crippen LogP contribution in [0.4, 0.5) is 0 Å². The first kappa shape index (κ1) is 19.8. The molecule has 1 heterocycles. The Labute approximate surface area is 173 Å². The van der Waals surface area contributed by atoms with E-state index in [-0.39, 0.29) is 0 Å². The minimum atomic E-state index is 0.515. The second kappa shape index (κ2) is 9.36. The summed E-state index contributed by atoms with van der Waals surface area (Å²) in [6.45, 7) is 0. The predicted molar refractivity (Wildman–Crippen MR) is 116 cm³/mol. The smallest absolute Gasteiger partial charge is 0.226 e. The van der Waals surface area contributed by atoms with Gasteiger partial charge < -0.3 is 9.42 Å². The molecule has 1 fully saturated rings. The molecule has 0 saturated heterocycles. The van der Waals surface area contributed by atoms with Crippen molar-refractivity contribution in [2.24, 2.45) is 11.8 Å². The van der Waals surface area contributed by atoms with Crippen LogP contribution in [0.25, 0.3) is 11.4 Å². The summed E-state index contributed by atoms with van der Waals surface area (Å²) in [6.07, 6.45) is 7.19. The van der Waals surface area contributed by atoms with Gasteiger partial charge in [-0.05, 0) is 50.8 Å². The van der Waals surface area contributed by atoms with Gasteiger partial charge in [0.15, 0.2) is 0 Å². The Bertz CT molecular complexity index is 867. The second-order valence-electron chi connectivity index (χ2n) is 8.52. The third-order valence-electron chi connectivity index (χ3n) is 6.30. The number of hydrogen-bond acceptors (Lipinski definition) is 4. The topological polar surface area (TPSA) is 42.2 Å². The lowest BCUT2D eigenvalue weighted by molar-refractivity contribution is 0.145. The van der Waals surface area contributed by atoms with Crippen molar-refractivity contribution in [3.05, 3.63) is 72.1 Å². The molecular weight excluding hydrogens is 358 g/mol. The van der Waals surface area contributed by atoms with Crippen molar-refractivity contribution >= 4 is 0 Å². The minimum Gasteiger partial charge on any atom is -0.339 e. The number of benzene rings is 2. The van der Waals surface area contributed by atoms with Gasteiger partial charge in [-0.15, -0.1) is 0 Å². The lowest BCUT2D eigenvalue weighted by Gasteiger charge is -2.37. The van der Waals surface area contributed by atoms with E-state index in [4.69, 9.17) is 4.52 Å². The van der Waals surface area contributed by atoms with Crippen molar-refractivity contribution in [1.82, 2.24) is 15.0 Å². The molecule has 1 aromatic heterocycles. The average molecular weight is 390 g/mol. The summed E-state index contributed by atoms with van der Waals surface area (Å²) in [5, 5.41) is 4.15. The summed E-state index contributed by atoms with van der Waals surface area (Å²) in [5.74, 6) is 2.95. The van der Waals surface area contributed by atoms with Crippen molar-refractivity contribution in [2.45, 2.75) is 44.6 Å². The summed E-state index contributed by atoms with van der Waals surface area (Å²) < 4.78 is 5.49. The third-order valence-corrected chi connectivity index (χ3v) is 6.30. The maximum Gasteiger partial charge on any atom is 0.226 e. The van der Waals surface area contributed by atoms with Crippen LogP contribution in [0, 0.1) is 11.8 Å². The van der Waals surface area contributed by atoms with E-state index in [0.717, 1.165) is 36.1 Å². The summed E-state index contributed by atoms with van der Waals surface area (Å²) >= 11 is 0. The third kappa shape index (κ3) is 4.94. The number of nitrogens with zero attached hydrogens (tertiary/aromatic N) is 3. The van der Waals surface area contributed by atoms with Crippen LogP contribution in [0.1, 0.15) is 49.6 Å². The van der Waals surface area contributed by atoms with Gasteiger partial charge in [0.05, 0.1) is 0 Å². The maximum atomic E-state index is 5.49. The van der Waals surface area contributed by atoms with Crippen molar-refractivity contribution in [3.8, 4) is 11.4 Å². The van der Waals surface area contributed by atoms with E-state index in [1.807, 2.05) is 30.3 Å². The number of aryl methyl sites for hydroxylation is 1. The quantitative estimate of drug-likeness (QED) is 0.514. The highest BCUT2D eigenvalue weighted by molar-refractivity contribution is 5.53. The molecular formula is C25H31N3O. The Morgan fingerprint density at radius 2 is 1.59 bits per heavy atom. The van der Waals surface area contributed by atoms with Gasteiger partial charge >= 0.3 is 0 Å². The van der Waals surface area contributed by atoms with E-state index in [2.05, 4.69) is 59.5 Å². The van der Waals surface area contributed by atoms with Gasteiger partial charge in [-0.25, -0.2) is 0 Å². The number of rotatable bonds is 7. The van der Waals surface area contributed by atoms with Crippen molar-refractivity contribution < 1.29 is 4.52 Å². The predicted octanol–water partition coefficient (Wildman–Crippen LogP) is 5.78. The van der Waals surface area contributed by atoms with Crippen LogP contribution >= 0.6 is 0 Å². The molecule has 0 spiro atoms. The zero-order chi connectivity index (χ0) is 20.1.